The number of hydrogen-bond donors (Lipinski definition) is 1. The predicted octanol–water partition coefficient (Wildman–Crippen LogP) is 1.99. The summed E-state index contributed by atoms with van der Waals surface area (Å²) in [5.41, 5.74) is 1.90. The molecule has 1 aliphatic carbocycles. The highest BCUT2D eigenvalue weighted by Crippen LogP contribution is 2.40. The van der Waals surface area contributed by atoms with E-state index >= 15 is 0 Å². The number of benzene rings is 1. The summed E-state index contributed by atoms with van der Waals surface area (Å²) in [6.07, 6.45) is 2.33. The quantitative estimate of drug-likeness (QED) is 0.884. The maximum Gasteiger partial charge on any atom is 0.226 e. The summed E-state index contributed by atoms with van der Waals surface area (Å²) < 4.78 is 0. The maximum atomic E-state index is 12.4. The zero-order valence-electron chi connectivity index (χ0n) is 13.7. The molecule has 1 aromatic heterocycles. The summed E-state index contributed by atoms with van der Waals surface area (Å²) in [5, 5.41) is 2.86. The third kappa shape index (κ3) is 3.98. The summed E-state index contributed by atoms with van der Waals surface area (Å²) in [6, 6.07) is 15.4. The fraction of sp³-hybridized carbons (Fsp3) is 0.316. The van der Waals surface area contributed by atoms with Crippen molar-refractivity contribution >= 4 is 11.8 Å². The van der Waals surface area contributed by atoms with Gasteiger partial charge in [-0.3, -0.25) is 14.6 Å². The number of nitrogens with one attached hydrogen (secondary N) is 1. The highest BCUT2D eigenvalue weighted by Gasteiger charge is 2.48. The molecule has 1 heterocycles. The van der Waals surface area contributed by atoms with Crippen LogP contribution in [-0.2, 0) is 22.7 Å². The minimum absolute atomic E-state index is 0.0387. The molecule has 5 nitrogen and oxygen atoms in total. The van der Waals surface area contributed by atoms with Crippen LogP contribution in [0.4, 0.5) is 0 Å². The Bertz CT molecular complexity index is 703. The van der Waals surface area contributed by atoms with Crippen LogP contribution in [0.1, 0.15) is 17.7 Å². The molecule has 3 rings (SSSR count). The van der Waals surface area contributed by atoms with Crippen molar-refractivity contribution in [1.29, 1.82) is 0 Å². The monoisotopic (exact) mass is 323 g/mol. The van der Waals surface area contributed by atoms with E-state index in [1.807, 2.05) is 48.5 Å². The third-order valence-corrected chi connectivity index (χ3v) is 4.25. The van der Waals surface area contributed by atoms with Gasteiger partial charge in [0.25, 0.3) is 0 Å². The first-order valence-electron chi connectivity index (χ1n) is 8.11. The Balaban J connectivity index is 1.47. The topological polar surface area (TPSA) is 62.3 Å². The van der Waals surface area contributed by atoms with Gasteiger partial charge >= 0.3 is 0 Å². The largest absolute Gasteiger partial charge is 0.350 e. The molecule has 1 saturated carbocycles. The van der Waals surface area contributed by atoms with Crippen LogP contribution in [0.5, 0.6) is 0 Å². The van der Waals surface area contributed by atoms with Gasteiger partial charge in [-0.2, -0.15) is 0 Å². The molecule has 1 N–H and O–H groups in total. The van der Waals surface area contributed by atoms with Gasteiger partial charge in [-0.15, -0.1) is 0 Å². The number of amides is 2. The summed E-state index contributed by atoms with van der Waals surface area (Å²) in [5.74, 6) is -0.425. The van der Waals surface area contributed by atoms with Gasteiger partial charge in [-0.05, 0) is 24.1 Å². The summed E-state index contributed by atoms with van der Waals surface area (Å²) >= 11 is 0. The van der Waals surface area contributed by atoms with E-state index in [2.05, 4.69) is 10.3 Å². The van der Waals surface area contributed by atoms with Crippen molar-refractivity contribution in [2.45, 2.75) is 19.5 Å². The molecule has 0 radical (unpaired) electrons. The molecule has 0 aliphatic heterocycles. The lowest BCUT2D eigenvalue weighted by atomic mass is 10.2. The van der Waals surface area contributed by atoms with Crippen molar-refractivity contribution in [2.24, 2.45) is 11.8 Å². The molecule has 1 fully saturated rings. The molecule has 24 heavy (non-hydrogen) atoms. The second-order valence-corrected chi connectivity index (χ2v) is 6.17. The fourth-order valence-corrected chi connectivity index (χ4v) is 2.79. The fourth-order valence-electron chi connectivity index (χ4n) is 2.79. The molecule has 0 bridgehead atoms. The Morgan fingerprint density at radius 3 is 2.58 bits per heavy atom. The van der Waals surface area contributed by atoms with Crippen LogP contribution < -0.4 is 5.32 Å². The molecule has 1 aliphatic rings. The number of aromatic nitrogens is 1. The highest BCUT2D eigenvalue weighted by molar-refractivity contribution is 5.92. The molecule has 0 spiro atoms. The number of carbonyl (C=O) groups is 2. The number of hydrogen-bond acceptors (Lipinski definition) is 3. The molecule has 5 heteroatoms. The Morgan fingerprint density at radius 1 is 1.12 bits per heavy atom. The molecule has 2 unspecified atom stereocenters. The Hall–Kier alpha value is -2.69. The van der Waals surface area contributed by atoms with E-state index in [4.69, 9.17) is 0 Å². The van der Waals surface area contributed by atoms with Gasteiger partial charge in [-0.1, -0.05) is 36.4 Å². The number of rotatable bonds is 6. The van der Waals surface area contributed by atoms with E-state index in [-0.39, 0.29) is 23.7 Å². The van der Waals surface area contributed by atoms with E-state index in [0.29, 0.717) is 19.5 Å². The Kier molecular flexibility index (Phi) is 4.89. The molecule has 2 atom stereocenters. The molecule has 2 amide bonds. The second kappa shape index (κ2) is 7.25. The second-order valence-electron chi connectivity index (χ2n) is 6.17. The lowest BCUT2D eigenvalue weighted by Gasteiger charge is -2.17. The van der Waals surface area contributed by atoms with Crippen molar-refractivity contribution in [3.8, 4) is 0 Å². The van der Waals surface area contributed by atoms with Gasteiger partial charge in [0.15, 0.2) is 0 Å². The van der Waals surface area contributed by atoms with Gasteiger partial charge in [0.05, 0.1) is 24.1 Å². The zero-order chi connectivity index (χ0) is 16.9. The van der Waals surface area contributed by atoms with Crippen LogP contribution in [0.2, 0.25) is 0 Å². The first-order valence-corrected chi connectivity index (χ1v) is 8.11. The van der Waals surface area contributed by atoms with Crippen molar-refractivity contribution < 1.29 is 9.59 Å². The number of pyridine rings is 1. The number of nitrogens with zero attached hydrogens (tertiary/aromatic N) is 2. The minimum Gasteiger partial charge on any atom is -0.350 e. The first-order chi connectivity index (χ1) is 11.6. The van der Waals surface area contributed by atoms with Crippen LogP contribution in [0, 0.1) is 11.8 Å². The lowest BCUT2D eigenvalue weighted by molar-refractivity contribution is -0.134. The normalized spacial score (nSPS) is 18.7. The predicted molar refractivity (Wildman–Crippen MR) is 90.6 cm³/mol. The zero-order valence-corrected chi connectivity index (χ0v) is 13.7. The summed E-state index contributed by atoms with van der Waals surface area (Å²) in [6.45, 7) is 0.968. The van der Waals surface area contributed by atoms with E-state index in [0.717, 1.165) is 11.3 Å². The first kappa shape index (κ1) is 16.2. The van der Waals surface area contributed by atoms with Crippen molar-refractivity contribution in [2.75, 3.05) is 7.05 Å². The van der Waals surface area contributed by atoms with E-state index in [9.17, 15) is 9.59 Å². The van der Waals surface area contributed by atoms with E-state index in [1.165, 1.54) is 0 Å². The molecule has 124 valence electrons. The lowest BCUT2D eigenvalue weighted by Crippen LogP contribution is -2.31. The van der Waals surface area contributed by atoms with Gasteiger partial charge in [0.1, 0.15) is 0 Å². The molecular formula is C19H21N3O2. The standard InChI is InChI=1S/C19H21N3O2/c1-22(13-14-7-3-2-4-8-14)19(24)17-11-16(17)18(23)21-12-15-9-5-6-10-20-15/h2-10,16-17H,11-13H2,1H3,(H,21,23). The van der Waals surface area contributed by atoms with Crippen LogP contribution >= 0.6 is 0 Å². The van der Waals surface area contributed by atoms with Crippen LogP contribution in [0.15, 0.2) is 54.7 Å². The third-order valence-electron chi connectivity index (χ3n) is 4.25. The van der Waals surface area contributed by atoms with Gasteiger partial charge in [0.2, 0.25) is 11.8 Å². The molecule has 2 aromatic rings. The van der Waals surface area contributed by atoms with Crippen molar-refractivity contribution in [1.82, 2.24) is 15.2 Å². The molecular weight excluding hydrogens is 302 g/mol. The van der Waals surface area contributed by atoms with Gasteiger partial charge < -0.3 is 10.2 Å². The maximum absolute atomic E-state index is 12.4. The van der Waals surface area contributed by atoms with E-state index in [1.54, 1.807) is 18.1 Å². The highest BCUT2D eigenvalue weighted by atomic mass is 16.2. The van der Waals surface area contributed by atoms with Gasteiger partial charge in [-0.25, -0.2) is 0 Å². The molecule has 1 aromatic carbocycles. The van der Waals surface area contributed by atoms with Gasteiger partial charge in [0, 0.05) is 19.8 Å². The minimum atomic E-state index is -0.209. The van der Waals surface area contributed by atoms with E-state index < -0.39 is 0 Å². The SMILES string of the molecule is CN(Cc1ccccc1)C(=O)C1CC1C(=O)NCc1ccccn1. The Labute approximate surface area is 141 Å². The average Bonchev–Trinajstić information content (AvgIpc) is 3.41. The molecule has 0 saturated heterocycles. The summed E-state index contributed by atoms with van der Waals surface area (Å²) in [4.78, 5) is 30.5. The van der Waals surface area contributed by atoms with Crippen molar-refractivity contribution in [3.05, 3.63) is 66.0 Å². The Morgan fingerprint density at radius 2 is 1.88 bits per heavy atom. The van der Waals surface area contributed by atoms with Crippen LogP contribution in [0.25, 0.3) is 0 Å². The average molecular weight is 323 g/mol. The van der Waals surface area contributed by atoms with Crippen LogP contribution in [0.3, 0.4) is 0 Å². The van der Waals surface area contributed by atoms with Crippen molar-refractivity contribution in [3.63, 3.8) is 0 Å². The number of carbonyl (C=O) groups excluding carboxylic acids is 2. The van der Waals surface area contributed by atoms with Crippen LogP contribution in [-0.4, -0.2) is 28.7 Å². The smallest absolute Gasteiger partial charge is 0.226 e. The summed E-state index contributed by atoms with van der Waals surface area (Å²) in [7, 11) is 1.79.